The first kappa shape index (κ1) is 12.5. The lowest BCUT2D eigenvalue weighted by atomic mass is 10.1. The second-order valence-corrected chi connectivity index (χ2v) is 4.62. The van der Waals surface area contributed by atoms with Crippen molar-refractivity contribution >= 4 is 0 Å². The highest BCUT2D eigenvalue weighted by atomic mass is 19.1. The van der Waals surface area contributed by atoms with E-state index in [1.54, 1.807) is 6.07 Å². The van der Waals surface area contributed by atoms with Crippen molar-refractivity contribution in [3.8, 4) is 0 Å². The van der Waals surface area contributed by atoms with Gasteiger partial charge in [0, 0.05) is 25.2 Å². The first-order valence-electron chi connectivity index (χ1n) is 5.96. The van der Waals surface area contributed by atoms with Gasteiger partial charge in [0.15, 0.2) is 0 Å². The fraction of sp³-hybridized carbons (Fsp3) is 0.538. The maximum atomic E-state index is 13.1. The molecule has 0 amide bonds. The van der Waals surface area contributed by atoms with Gasteiger partial charge < -0.3 is 10.5 Å². The van der Waals surface area contributed by atoms with Crippen LogP contribution in [0.5, 0.6) is 0 Å². The standard InChI is InChI=1S/C13H19FN2O/c1-16(12-5-6-17-9-12)8-13(15)10-3-2-4-11(14)7-10/h2-4,7,12-13H,5-6,8-9,15H2,1H3. The molecule has 1 saturated heterocycles. The molecule has 0 aromatic heterocycles. The zero-order valence-electron chi connectivity index (χ0n) is 10.1. The molecule has 2 unspecified atom stereocenters. The van der Waals surface area contributed by atoms with E-state index in [0.29, 0.717) is 6.04 Å². The number of hydrogen-bond acceptors (Lipinski definition) is 3. The summed E-state index contributed by atoms with van der Waals surface area (Å²) in [6.45, 7) is 2.31. The summed E-state index contributed by atoms with van der Waals surface area (Å²) in [6.07, 6.45) is 1.05. The van der Waals surface area contributed by atoms with E-state index >= 15 is 0 Å². The molecule has 0 saturated carbocycles. The van der Waals surface area contributed by atoms with E-state index in [0.717, 1.165) is 31.7 Å². The number of benzene rings is 1. The highest BCUT2D eigenvalue weighted by Gasteiger charge is 2.22. The molecule has 3 nitrogen and oxygen atoms in total. The van der Waals surface area contributed by atoms with Gasteiger partial charge in [-0.3, -0.25) is 4.90 Å². The Morgan fingerprint density at radius 2 is 2.41 bits per heavy atom. The van der Waals surface area contributed by atoms with E-state index in [1.165, 1.54) is 12.1 Å². The maximum absolute atomic E-state index is 13.1. The van der Waals surface area contributed by atoms with Gasteiger partial charge in [0.25, 0.3) is 0 Å². The Morgan fingerprint density at radius 3 is 3.06 bits per heavy atom. The van der Waals surface area contributed by atoms with Gasteiger partial charge in [-0.2, -0.15) is 0 Å². The lowest BCUT2D eigenvalue weighted by molar-refractivity contribution is 0.156. The minimum Gasteiger partial charge on any atom is -0.380 e. The Kier molecular flexibility index (Phi) is 4.10. The van der Waals surface area contributed by atoms with E-state index in [9.17, 15) is 4.39 Å². The summed E-state index contributed by atoms with van der Waals surface area (Å²) in [6, 6.07) is 6.79. The molecule has 1 aliphatic rings. The van der Waals surface area contributed by atoms with Crippen LogP contribution in [0.2, 0.25) is 0 Å². The topological polar surface area (TPSA) is 38.5 Å². The molecule has 1 fully saturated rings. The molecule has 0 bridgehead atoms. The van der Waals surface area contributed by atoms with Crippen LogP contribution in [0.3, 0.4) is 0 Å². The molecule has 17 heavy (non-hydrogen) atoms. The van der Waals surface area contributed by atoms with Gasteiger partial charge in [-0.25, -0.2) is 4.39 Å². The van der Waals surface area contributed by atoms with Gasteiger partial charge in [0.2, 0.25) is 0 Å². The fourth-order valence-corrected chi connectivity index (χ4v) is 2.17. The summed E-state index contributed by atoms with van der Waals surface area (Å²) in [5, 5.41) is 0. The highest BCUT2D eigenvalue weighted by Crippen LogP contribution is 2.16. The van der Waals surface area contributed by atoms with E-state index in [1.807, 2.05) is 13.1 Å². The van der Waals surface area contributed by atoms with Crippen molar-refractivity contribution in [1.29, 1.82) is 0 Å². The van der Waals surface area contributed by atoms with Gasteiger partial charge >= 0.3 is 0 Å². The molecule has 1 heterocycles. The van der Waals surface area contributed by atoms with Gasteiger partial charge in [-0.15, -0.1) is 0 Å². The Bertz CT molecular complexity index is 366. The predicted molar refractivity (Wildman–Crippen MR) is 65.2 cm³/mol. The van der Waals surface area contributed by atoms with Crippen LogP contribution in [-0.2, 0) is 4.74 Å². The molecule has 94 valence electrons. The van der Waals surface area contributed by atoms with Gasteiger partial charge in [0.05, 0.1) is 6.61 Å². The minimum absolute atomic E-state index is 0.156. The Morgan fingerprint density at radius 1 is 1.59 bits per heavy atom. The van der Waals surface area contributed by atoms with Crippen molar-refractivity contribution in [1.82, 2.24) is 4.90 Å². The van der Waals surface area contributed by atoms with Gasteiger partial charge in [-0.1, -0.05) is 12.1 Å². The third-order valence-electron chi connectivity index (χ3n) is 3.29. The van der Waals surface area contributed by atoms with Crippen LogP contribution in [0.15, 0.2) is 24.3 Å². The van der Waals surface area contributed by atoms with Crippen LogP contribution in [0, 0.1) is 5.82 Å². The average molecular weight is 238 g/mol. The molecule has 2 atom stereocenters. The summed E-state index contributed by atoms with van der Waals surface area (Å²) in [7, 11) is 2.04. The third kappa shape index (κ3) is 3.25. The first-order chi connectivity index (χ1) is 8.16. The third-order valence-corrected chi connectivity index (χ3v) is 3.29. The number of ether oxygens (including phenoxy) is 1. The van der Waals surface area contributed by atoms with Crippen LogP contribution >= 0.6 is 0 Å². The van der Waals surface area contributed by atoms with Crippen LogP contribution in [0.1, 0.15) is 18.0 Å². The SMILES string of the molecule is CN(CC(N)c1cccc(F)c1)C1CCOC1. The van der Waals surface area contributed by atoms with Gasteiger partial charge in [0.1, 0.15) is 5.82 Å². The summed E-state index contributed by atoms with van der Waals surface area (Å²) in [5.41, 5.74) is 6.93. The molecule has 0 spiro atoms. The van der Waals surface area contributed by atoms with Crippen LogP contribution in [0.4, 0.5) is 4.39 Å². The number of rotatable bonds is 4. The summed E-state index contributed by atoms with van der Waals surface area (Å²) in [5.74, 6) is -0.232. The minimum atomic E-state index is -0.232. The molecular weight excluding hydrogens is 219 g/mol. The maximum Gasteiger partial charge on any atom is 0.123 e. The number of nitrogens with two attached hydrogens (primary N) is 1. The van der Waals surface area contributed by atoms with Crippen LogP contribution in [-0.4, -0.2) is 37.7 Å². The lowest BCUT2D eigenvalue weighted by Crippen LogP contribution is -2.37. The monoisotopic (exact) mass is 238 g/mol. The zero-order valence-corrected chi connectivity index (χ0v) is 10.1. The molecule has 1 aromatic rings. The molecule has 2 rings (SSSR count). The van der Waals surface area contributed by atoms with E-state index in [2.05, 4.69) is 4.90 Å². The zero-order chi connectivity index (χ0) is 12.3. The quantitative estimate of drug-likeness (QED) is 0.865. The average Bonchev–Trinajstić information content (AvgIpc) is 2.82. The van der Waals surface area contributed by atoms with Gasteiger partial charge in [-0.05, 0) is 31.2 Å². The lowest BCUT2D eigenvalue weighted by Gasteiger charge is -2.26. The Labute approximate surface area is 101 Å². The molecule has 0 aliphatic carbocycles. The Hall–Kier alpha value is -0.970. The van der Waals surface area contributed by atoms with Crippen molar-refractivity contribution in [2.24, 2.45) is 5.73 Å². The number of likely N-dealkylation sites (N-methyl/N-ethyl adjacent to an activating group) is 1. The largest absolute Gasteiger partial charge is 0.380 e. The number of nitrogens with zero attached hydrogens (tertiary/aromatic N) is 1. The number of halogens is 1. The summed E-state index contributed by atoms with van der Waals surface area (Å²) < 4.78 is 18.4. The molecule has 2 N–H and O–H groups in total. The van der Waals surface area contributed by atoms with Crippen molar-refractivity contribution in [2.75, 3.05) is 26.8 Å². The van der Waals surface area contributed by atoms with Crippen LogP contribution in [0.25, 0.3) is 0 Å². The second kappa shape index (κ2) is 5.58. The van der Waals surface area contributed by atoms with Crippen molar-refractivity contribution < 1.29 is 9.13 Å². The van der Waals surface area contributed by atoms with Crippen LogP contribution < -0.4 is 5.73 Å². The summed E-state index contributed by atoms with van der Waals surface area (Å²) >= 11 is 0. The van der Waals surface area contributed by atoms with Crippen molar-refractivity contribution in [2.45, 2.75) is 18.5 Å². The normalized spacial score (nSPS) is 22.0. The predicted octanol–water partition coefficient (Wildman–Crippen LogP) is 1.55. The second-order valence-electron chi connectivity index (χ2n) is 4.62. The van der Waals surface area contributed by atoms with Crippen molar-refractivity contribution in [3.05, 3.63) is 35.6 Å². The Balaban J connectivity index is 1.93. The first-order valence-corrected chi connectivity index (χ1v) is 5.96. The van der Waals surface area contributed by atoms with Crippen molar-refractivity contribution in [3.63, 3.8) is 0 Å². The smallest absolute Gasteiger partial charge is 0.123 e. The highest BCUT2D eigenvalue weighted by molar-refractivity contribution is 5.20. The molecular formula is C13H19FN2O. The molecule has 1 aromatic carbocycles. The summed E-state index contributed by atoms with van der Waals surface area (Å²) in [4.78, 5) is 2.20. The fourth-order valence-electron chi connectivity index (χ4n) is 2.17. The van der Waals surface area contributed by atoms with E-state index in [-0.39, 0.29) is 11.9 Å². The number of hydrogen-bond donors (Lipinski definition) is 1. The molecule has 0 radical (unpaired) electrons. The molecule has 4 heteroatoms. The van der Waals surface area contributed by atoms with E-state index < -0.39 is 0 Å². The van der Waals surface area contributed by atoms with E-state index in [4.69, 9.17) is 10.5 Å². The molecule has 1 aliphatic heterocycles.